The quantitative estimate of drug-likeness (QED) is 0.889. The lowest BCUT2D eigenvalue weighted by Gasteiger charge is -2.41. The fourth-order valence-corrected chi connectivity index (χ4v) is 2.50. The standard InChI is InChI=1S/C15H22F3NO/c1-5-19(6-2)14(3,4)13(20)11-8-7-9-12(10-11)15(16,17)18/h7-10,13,20H,5-6H2,1-4H3. The highest BCUT2D eigenvalue weighted by molar-refractivity contribution is 5.28. The van der Waals surface area contributed by atoms with Crippen molar-refractivity contribution in [3.63, 3.8) is 0 Å². The predicted octanol–water partition coefficient (Wildman–Crippen LogP) is 3.86. The van der Waals surface area contributed by atoms with E-state index in [4.69, 9.17) is 0 Å². The summed E-state index contributed by atoms with van der Waals surface area (Å²) >= 11 is 0. The Kier molecular flexibility index (Phi) is 5.21. The van der Waals surface area contributed by atoms with Crippen LogP contribution in [0.3, 0.4) is 0 Å². The van der Waals surface area contributed by atoms with Crippen LogP contribution in [-0.4, -0.2) is 28.6 Å². The highest BCUT2D eigenvalue weighted by Crippen LogP contribution is 2.35. The molecule has 0 aliphatic rings. The first-order valence-corrected chi connectivity index (χ1v) is 6.74. The van der Waals surface area contributed by atoms with Gasteiger partial charge >= 0.3 is 6.18 Å². The van der Waals surface area contributed by atoms with Gasteiger partial charge in [-0.3, -0.25) is 4.90 Å². The summed E-state index contributed by atoms with van der Waals surface area (Å²) in [4.78, 5) is 2.03. The van der Waals surface area contributed by atoms with Crippen molar-refractivity contribution in [2.24, 2.45) is 0 Å². The molecule has 0 amide bonds. The minimum absolute atomic E-state index is 0.289. The second-order valence-electron chi connectivity index (χ2n) is 5.35. The smallest absolute Gasteiger partial charge is 0.386 e. The minimum Gasteiger partial charge on any atom is -0.386 e. The number of aliphatic hydroxyl groups is 1. The van der Waals surface area contributed by atoms with E-state index >= 15 is 0 Å². The predicted molar refractivity (Wildman–Crippen MR) is 73.4 cm³/mol. The zero-order chi connectivity index (χ0) is 15.6. The van der Waals surface area contributed by atoms with E-state index in [1.807, 2.05) is 32.6 Å². The Balaban J connectivity index is 3.11. The van der Waals surface area contributed by atoms with Gasteiger partial charge in [0.25, 0.3) is 0 Å². The number of likely N-dealkylation sites (N-methyl/N-ethyl adjacent to an activating group) is 1. The summed E-state index contributed by atoms with van der Waals surface area (Å²) in [7, 11) is 0. The molecule has 0 spiro atoms. The molecular weight excluding hydrogens is 267 g/mol. The molecule has 0 saturated carbocycles. The van der Waals surface area contributed by atoms with Crippen molar-refractivity contribution in [2.75, 3.05) is 13.1 Å². The molecule has 0 saturated heterocycles. The molecule has 0 bridgehead atoms. The number of rotatable bonds is 5. The third kappa shape index (κ3) is 3.52. The molecule has 1 aromatic carbocycles. The van der Waals surface area contributed by atoms with Crippen LogP contribution in [0.1, 0.15) is 44.9 Å². The average molecular weight is 289 g/mol. The Morgan fingerprint density at radius 2 is 1.70 bits per heavy atom. The first kappa shape index (κ1) is 17.0. The van der Waals surface area contributed by atoms with Gasteiger partial charge in [-0.15, -0.1) is 0 Å². The van der Waals surface area contributed by atoms with E-state index in [1.165, 1.54) is 12.1 Å². The van der Waals surface area contributed by atoms with Crippen LogP contribution in [0.4, 0.5) is 13.2 Å². The first-order valence-electron chi connectivity index (χ1n) is 6.74. The number of hydrogen-bond donors (Lipinski definition) is 1. The SMILES string of the molecule is CCN(CC)C(C)(C)C(O)c1cccc(C(F)(F)F)c1. The van der Waals surface area contributed by atoms with Crippen LogP contribution in [0.15, 0.2) is 24.3 Å². The van der Waals surface area contributed by atoms with E-state index in [9.17, 15) is 18.3 Å². The van der Waals surface area contributed by atoms with Crippen molar-refractivity contribution in [3.05, 3.63) is 35.4 Å². The van der Waals surface area contributed by atoms with Crippen LogP contribution in [0.2, 0.25) is 0 Å². The first-order chi connectivity index (χ1) is 9.14. The maximum absolute atomic E-state index is 12.7. The lowest BCUT2D eigenvalue weighted by atomic mass is 9.88. The monoisotopic (exact) mass is 289 g/mol. The van der Waals surface area contributed by atoms with E-state index in [-0.39, 0.29) is 5.56 Å². The molecule has 0 fully saturated rings. The van der Waals surface area contributed by atoms with Crippen molar-refractivity contribution in [1.82, 2.24) is 4.90 Å². The van der Waals surface area contributed by atoms with Gasteiger partial charge in [0.1, 0.15) is 0 Å². The Labute approximate surface area is 118 Å². The molecule has 0 aliphatic heterocycles. The molecule has 1 atom stereocenters. The zero-order valence-corrected chi connectivity index (χ0v) is 12.3. The van der Waals surface area contributed by atoms with Crippen LogP contribution in [-0.2, 0) is 6.18 Å². The molecule has 5 heteroatoms. The third-order valence-electron chi connectivity index (χ3n) is 3.78. The van der Waals surface area contributed by atoms with Gasteiger partial charge in [-0.25, -0.2) is 0 Å². The Hall–Kier alpha value is -1.07. The van der Waals surface area contributed by atoms with Crippen LogP contribution < -0.4 is 0 Å². The molecule has 0 aliphatic carbocycles. The van der Waals surface area contributed by atoms with E-state index in [0.29, 0.717) is 0 Å². The topological polar surface area (TPSA) is 23.5 Å². The maximum Gasteiger partial charge on any atom is 0.416 e. The number of aliphatic hydroxyl groups excluding tert-OH is 1. The Morgan fingerprint density at radius 3 is 2.15 bits per heavy atom. The lowest BCUT2D eigenvalue weighted by molar-refractivity contribution is -0.137. The molecule has 1 aromatic rings. The molecule has 1 unspecified atom stereocenters. The zero-order valence-electron chi connectivity index (χ0n) is 12.3. The van der Waals surface area contributed by atoms with Crippen molar-refractivity contribution in [3.8, 4) is 0 Å². The summed E-state index contributed by atoms with van der Waals surface area (Å²) in [6, 6.07) is 4.90. The number of hydrogen-bond acceptors (Lipinski definition) is 2. The number of alkyl halides is 3. The average Bonchev–Trinajstić information content (AvgIpc) is 2.38. The fourth-order valence-electron chi connectivity index (χ4n) is 2.50. The molecule has 1 N–H and O–H groups in total. The van der Waals surface area contributed by atoms with E-state index < -0.39 is 23.4 Å². The van der Waals surface area contributed by atoms with E-state index in [0.717, 1.165) is 25.2 Å². The molecule has 0 heterocycles. The summed E-state index contributed by atoms with van der Waals surface area (Å²) in [6.07, 6.45) is -5.38. The van der Waals surface area contributed by atoms with E-state index in [1.54, 1.807) is 0 Å². The van der Waals surface area contributed by atoms with Crippen molar-refractivity contribution in [1.29, 1.82) is 0 Å². The number of halogens is 3. The van der Waals surface area contributed by atoms with Crippen molar-refractivity contribution < 1.29 is 18.3 Å². The summed E-state index contributed by atoms with van der Waals surface area (Å²) in [5.41, 5.74) is -1.07. The van der Waals surface area contributed by atoms with Crippen molar-refractivity contribution >= 4 is 0 Å². The Morgan fingerprint density at radius 1 is 1.15 bits per heavy atom. The summed E-state index contributed by atoms with van der Waals surface area (Å²) in [5, 5.41) is 10.5. The van der Waals surface area contributed by atoms with Crippen LogP contribution in [0, 0.1) is 0 Å². The summed E-state index contributed by atoms with van der Waals surface area (Å²) in [6.45, 7) is 9.04. The Bertz CT molecular complexity index is 439. The molecule has 0 radical (unpaired) electrons. The number of benzene rings is 1. The second-order valence-corrected chi connectivity index (χ2v) is 5.35. The van der Waals surface area contributed by atoms with Crippen molar-refractivity contribution in [2.45, 2.75) is 45.5 Å². The third-order valence-corrected chi connectivity index (χ3v) is 3.78. The maximum atomic E-state index is 12.7. The molecule has 114 valence electrons. The summed E-state index contributed by atoms with van der Waals surface area (Å²) in [5.74, 6) is 0. The highest BCUT2D eigenvalue weighted by atomic mass is 19.4. The molecule has 20 heavy (non-hydrogen) atoms. The lowest BCUT2D eigenvalue weighted by Crippen LogP contribution is -2.48. The van der Waals surface area contributed by atoms with Gasteiger partial charge in [0.2, 0.25) is 0 Å². The van der Waals surface area contributed by atoms with Gasteiger partial charge in [0, 0.05) is 5.54 Å². The van der Waals surface area contributed by atoms with Gasteiger partial charge in [-0.05, 0) is 44.6 Å². The van der Waals surface area contributed by atoms with Gasteiger partial charge < -0.3 is 5.11 Å². The summed E-state index contributed by atoms with van der Waals surface area (Å²) < 4.78 is 38.2. The minimum atomic E-state index is -4.39. The van der Waals surface area contributed by atoms with Gasteiger partial charge in [0.15, 0.2) is 0 Å². The van der Waals surface area contributed by atoms with Gasteiger partial charge in [-0.1, -0.05) is 26.0 Å². The van der Waals surface area contributed by atoms with E-state index in [2.05, 4.69) is 0 Å². The van der Waals surface area contributed by atoms with Crippen LogP contribution in [0.25, 0.3) is 0 Å². The van der Waals surface area contributed by atoms with Crippen LogP contribution >= 0.6 is 0 Å². The second kappa shape index (κ2) is 6.14. The molecule has 2 nitrogen and oxygen atoms in total. The number of nitrogens with zero attached hydrogens (tertiary/aromatic N) is 1. The van der Waals surface area contributed by atoms with Gasteiger partial charge in [0.05, 0.1) is 11.7 Å². The molecular formula is C15H22F3NO. The fraction of sp³-hybridized carbons (Fsp3) is 0.600. The van der Waals surface area contributed by atoms with Gasteiger partial charge in [-0.2, -0.15) is 13.2 Å². The highest BCUT2D eigenvalue weighted by Gasteiger charge is 2.36. The molecule has 1 rings (SSSR count). The largest absolute Gasteiger partial charge is 0.416 e. The normalized spacial score (nSPS) is 14.7. The molecule has 0 aromatic heterocycles. The van der Waals surface area contributed by atoms with Crippen LogP contribution in [0.5, 0.6) is 0 Å².